The number of ether oxygens (including phenoxy) is 2. The average molecular weight is 396 g/mol. The average Bonchev–Trinajstić information content (AvgIpc) is 3.08. The number of halogens is 1. The molecule has 0 spiro atoms. The third-order valence-corrected chi connectivity index (χ3v) is 4.91. The predicted molar refractivity (Wildman–Crippen MR) is 106 cm³/mol. The van der Waals surface area contributed by atoms with E-state index >= 15 is 0 Å². The quantitative estimate of drug-likeness (QED) is 0.697. The molecule has 0 saturated heterocycles. The monoisotopic (exact) mass is 396 g/mol. The molecule has 7 heteroatoms. The molecular formula is C22H21FN2O4. The van der Waals surface area contributed by atoms with Gasteiger partial charge in [-0.3, -0.25) is 0 Å². The number of carboxylic acids is 1. The maximum absolute atomic E-state index is 13.4. The molecular weight excluding hydrogens is 375 g/mol. The van der Waals surface area contributed by atoms with Gasteiger partial charge in [0, 0.05) is 11.1 Å². The number of aryl methyl sites for hydroxylation is 1. The molecule has 1 aliphatic carbocycles. The van der Waals surface area contributed by atoms with Crippen LogP contribution in [-0.2, 0) is 12.8 Å². The molecule has 0 atom stereocenters. The maximum Gasteiger partial charge on any atom is 0.356 e. The first kappa shape index (κ1) is 19.0. The minimum Gasteiger partial charge on any atom is -0.493 e. The van der Waals surface area contributed by atoms with Crippen LogP contribution in [-0.4, -0.2) is 34.1 Å². The number of hydrogen-bond acceptors (Lipinski definition) is 4. The van der Waals surface area contributed by atoms with E-state index in [4.69, 9.17) is 9.47 Å². The van der Waals surface area contributed by atoms with Crippen LogP contribution in [0.15, 0.2) is 36.4 Å². The number of rotatable bonds is 5. The molecule has 29 heavy (non-hydrogen) atoms. The maximum atomic E-state index is 13.4. The van der Waals surface area contributed by atoms with Crippen LogP contribution in [0.25, 0.3) is 16.9 Å². The first-order valence-electron chi connectivity index (χ1n) is 9.38. The van der Waals surface area contributed by atoms with Crippen molar-refractivity contribution in [2.24, 2.45) is 0 Å². The second-order valence-corrected chi connectivity index (χ2v) is 7.20. The van der Waals surface area contributed by atoms with Crippen molar-refractivity contribution in [3.05, 3.63) is 59.0 Å². The van der Waals surface area contributed by atoms with Gasteiger partial charge in [-0.2, -0.15) is 5.10 Å². The summed E-state index contributed by atoms with van der Waals surface area (Å²) in [5, 5.41) is 14.0. The fraction of sp³-hybridized carbons (Fsp3) is 0.273. The summed E-state index contributed by atoms with van der Waals surface area (Å²) in [6, 6.07) is 9.62. The molecule has 2 aromatic carbocycles. The van der Waals surface area contributed by atoms with Gasteiger partial charge in [0.15, 0.2) is 17.2 Å². The van der Waals surface area contributed by atoms with Crippen LogP contribution >= 0.6 is 0 Å². The Morgan fingerprint density at radius 3 is 2.52 bits per heavy atom. The summed E-state index contributed by atoms with van der Waals surface area (Å²) < 4.78 is 26.4. The van der Waals surface area contributed by atoms with Gasteiger partial charge in [-0.25, -0.2) is 13.9 Å². The first-order valence-corrected chi connectivity index (χ1v) is 9.38. The van der Waals surface area contributed by atoms with Crippen molar-refractivity contribution in [2.75, 3.05) is 7.11 Å². The molecule has 0 radical (unpaired) electrons. The summed E-state index contributed by atoms with van der Waals surface area (Å²) in [6.45, 7) is 3.85. The summed E-state index contributed by atoms with van der Waals surface area (Å²) in [5.41, 5.74) is 3.81. The molecule has 3 aromatic rings. The van der Waals surface area contributed by atoms with Crippen LogP contribution < -0.4 is 9.47 Å². The molecule has 1 aromatic heterocycles. The number of aromatic nitrogens is 2. The molecule has 0 unspecified atom stereocenters. The summed E-state index contributed by atoms with van der Waals surface area (Å²) in [6.07, 6.45) is 1.15. The SMILES string of the molecule is COc1cc2c(cc1OC(C)C)-c1c(c(C(=O)O)nn1-c1ccc(F)cc1)CC2. The van der Waals surface area contributed by atoms with Crippen LogP contribution in [0.5, 0.6) is 11.5 Å². The lowest BCUT2D eigenvalue weighted by molar-refractivity contribution is 0.0688. The molecule has 0 amide bonds. The highest BCUT2D eigenvalue weighted by atomic mass is 19.1. The van der Waals surface area contributed by atoms with Gasteiger partial charge < -0.3 is 14.6 Å². The number of aromatic carboxylic acids is 1. The van der Waals surface area contributed by atoms with Gasteiger partial charge in [0.2, 0.25) is 0 Å². The van der Waals surface area contributed by atoms with E-state index in [0.29, 0.717) is 41.3 Å². The topological polar surface area (TPSA) is 73.6 Å². The molecule has 0 bridgehead atoms. The van der Waals surface area contributed by atoms with Gasteiger partial charge >= 0.3 is 5.97 Å². The molecule has 1 heterocycles. The van der Waals surface area contributed by atoms with E-state index in [-0.39, 0.29) is 17.6 Å². The third-order valence-electron chi connectivity index (χ3n) is 4.91. The third kappa shape index (κ3) is 3.33. The highest BCUT2D eigenvalue weighted by Crippen LogP contribution is 2.42. The summed E-state index contributed by atoms with van der Waals surface area (Å²) in [5.74, 6) is -0.242. The molecule has 6 nitrogen and oxygen atoms in total. The number of hydrogen-bond donors (Lipinski definition) is 1. The van der Waals surface area contributed by atoms with Crippen LogP contribution in [0.1, 0.15) is 35.5 Å². The normalized spacial score (nSPS) is 12.4. The second kappa shape index (κ2) is 7.24. The molecule has 4 rings (SSSR count). The fourth-order valence-electron chi connectivity index (χ4n) is 3.70. The van der Waals surface area contributed by atoms with Crippen molar-refractivity contribution in [2.45, 2.75) is 32.8 Å². The van der Waals surface area contributed by atoms with E-state index in [1.54, 1.807) is 23.9 Å². The molecule has 150 valence electrons. The zero-order chi connectivity index (χ0) is 20.7. The number of methoxy groups -OCH3 is 1. The van der Waals surface area contributed by atoms with Crippen molar-refractivity contribution in [1.82, 2.24) is 9.78 Å². The van der Waals surface area contributed by atoms with E-state index in [1.807, 2.05) is 26.0 Å². The van der Waals surface area contributed by atoms with Gasteiger partial charge in [0.05, 0.1) is 24.6 Å². The van der Waals surface area contributed by atoms with Crippen LogP contribution in [0.3, 0.4) is 0 Å². The van der Waals surface area contributed by atoms with E-state index in [9.17, 15) is 14.3 Å². The van der Waals surface area contributed by atoms with Crippen LogP contribution in [0.2, 0.25) is 0 Å². The number of benzene rings is 2. The van der Waals surface area contributed by atoms with Crippen molar-refractivity contribution < 1.29 is 23.8 Å². The minimum absolute atomic E-state index is 0.0112. The smallest absolute Gasteiger partial charge is 0.356 e. The minimum atomic E-state index is -1.09. The Hall–Kier alpha value is -3.35. The first-order chi connectivity index (χ1) is 13.9. The highest BCUT2D eigenvalue weighted by Gasteiger charge is 2.30. The van der Waals surface area contributed by atoms with E-state index in [1.165, 1.54) is 12.1 Å². The van der Waals surface area contributed by atoms with E-state index < -0.39 is 5.97 Å². The number of carbonyl (C=O) groups is 1. The summed E-state index contributed by atoms with van der Waals surface area (Å²) in [7, 11) is 1.59. The number of carboxylic acid groups (broad SMARTS) is 1. The van der Waals surface area contributed by atoms with Gasteiger partial charge in [0.25, 0.3) is 0 Å². The zero-order valence-electron chi connectivity index (χ0n) is 16.4. The van der Waals surface area contributed by atoms with Crippen molar-refractivity contribution in [3.63, 3.8) is 0 Å². The Balaban J connectivity index is 1.97. The fourth-order valence-corrected chi connectivity index (χ4v) is 3.70. The van der Waals surface area contributed by atoms with Crippen molar-refractivity contribution in [3.8, 4) is 28.4 Å². The molecule has 1 aliphatic rings. The van der Waals surface area contributed by atoms with E-state index in [2.05, 4.69) is 5.10 Å². The molecule has 1 N–H and O–H groups in total. The molecule has 0 saturated carbocycles. The number of nitrogens with zero attached hydrogens (tertiary/aromatic N) is 2. The Morgan fingerprint density at radius 1 is 1.17 bits per heavy atom. The largest absolute Gasteiger partial charge is 0.493 e. The van der Waals surface area contributed by atoms with Crippen LogP contribution in [0.4, 0.5) is 4.39 Å². The Kier molecular flexibility index (Phi) is 4.74. The lowest BCUT2D eigenvalue weighted by atomic mass is 9.88. The van der Waals surface area contributed by atoms with Gasteiger partial charge in [0.1, 0.15) is 5.82 Å². The lowest BCUT2D eigenvalue weighted by Gasteiger charge is -2.22. The highest BCUT2D eigenvalue weighted by molar-refractivity contribution is 5.91. The van der Waals surface area contributed by atoms with Crippen LogP contribution in [0, 0.1) is 5.82 Å². The Bertz CT molecular complexity index is 1090. The Morgan fingerprint density at radius 2 is 1.90 bits per heavy atom. The predicted octanol–water partition coefficient (Wildman–Crippen LogP) is 4.27. The van der Waals surface area contributed by atoms with Gasteiger partial charge in [-0.1, -0.05) is 0 Å². The lowest BCUT2D eigenvalue weighted by Crippen LogP contribution is -2.11. The second-order valence-electron chi connectivity index (χ2n) is 7.20. The number of fused-ring (bicyclic) bond motifs is 3. The summed E-state index contributed by atoms with van der Waals surface area (Å²) in [4.78, 5) is 11.8. The van der Waals surface area contributed by atoms with Crippen molar-refractivity contribution in [1.29, 1.82) is 0 Å². The summed E-state index contributed by atoms with van der Waals surface area (Å²) >= 11 is 0. The van der Waals surface area contributed by atoms with Gasteiger partial charge in [-0.05, 0) is 68.7 Å². The molecule has 0 aliphatic heterocycles. The zero-order valence-corrected chi connectivity index (χ0v) is 16.4. The van der Waals surface area contributed by atoms with Crippen molar-refractivity contribution >= 4 is 5.97 Å². The standard InChI is InChI=1S/C22H21FN2O4/c1-12(2)29-19-11-17-13(10-18(19)28-3)4-9-16-20(22(26)27)24-25(21(16)17)15-7-5-14(23)6-8-15/h5-8,10-12H,4,9H2,1-3H3,(H,26,27). The Labute approximate surface area is 167 Å². The molecule has 0 fully saturated rings. The van der Waals surface area contributed by atoms with E-state index in [0.717, 1.165) is 11.1 Å². The van der Waals surface area contributed by atoms with Gasteiger partial charge in [-0.15, -0.1) is 0 Å².